The minimum absolute atomic E-state index is 0.231. The highest BCUT2D eigenvalue weighted by molar-refractivity contribution is 9.10. The van der Waals surface area contributed by atoms with E-state index >= 15 is 0 Å². The first-order valence-corrected chi connectivity index (χ1v) is 5.82. The van der Waals surface area contributed by atoms with Crippen molar-refractivity contribution in [2.45, 2.75) is 18.9 Å². The van der Waals surface area contributed by atoms with Gasteiger partial charge in [-0.1, -0.05) is 15.9 Å². The first kappa shape index (κ1) is 10.8. The number of benzene rings is 1. The first-order valence-electron chi connectivity index (χ1n) is 5.02. The molecule has 0 aromatic heterocycles. The average Bonchev–Trinajstić information content (AvgIpc) is 2.71. The van der Waals surface area contributed by atoms with Crippen LogP contribution in [0.5, 0.6) is 11.5 Å². The summed E-state index contributed by atoms with van der Waals surface area (Å²) < 4.78 is 6.03. The van der Waals surface area contributed by atoms with Gasteiger partial charge in [-0.05, 0) is 31.5 Å². The fourth-order valence-electron chi connectivity index (χ4n) is 1.99. The molecule has 1 fully saturated rings. The van der Waals surface area contributed by atoms with Gasteiger partial charge in [-0.3, -0.25) is 0 Å². The van der Waals surface area contributed by atoms with Crippen LogP contribution >= 0.6 is 15.9 Å². The molecular formula is C11H14BrNO2. The minimum Gasteiger partial charge on any atom is -0.504 e. The molecular weight excluding hydrogens is 258 g/mol. The van der Waals surface area contributed by atoms with Crippen molar-refractivity contribution < 1.29 is 9.84 Å². The molecule has 2 rings (SSSR count). The topological polar surface area (TPSA) is 41.5 Å². The lowest BCUT2D eigenvalue weighted by Crippen LogP contribution is -2.13. The van der Waals surface area contributed by atoms with Gasteiger partial charge in [0.05, 0.1) is 7.11 Å². The summed E-state index contributed by atoms with van der Waals surface area (Å²) in [6.45, 7) is 1.01. The summed E-state index contributed by atoms with van der Waals surface area (Å²) in [5.41, 5.74) is 0.909. The van der Waals surface area contributed by atoms with Crippen LogP contribution in [0.4, 0.5) is 0 Å². The van der Waals surface area contributed by atoms with Crippen molar-refractivity contribution in [3.05, 3.63) is 22.2 Å². The SMILES string of the molecule is COc1ccc(Br)c(C2CCCN2)c1O. The van der Waals surface area contributed by atoms with Crippen molar-refractivity contribution in [2.24, 2.45) is 0 Å². The lowest BCUT2D eigenvalue weighted by atomic mass is 10.0. The molecule has 0 radical (unpaired) electrons. The highest BCUT2D eigenvalue weighted by Gasteiger charge is 2.23. The molecule has 4 heteroatoms. The maximum atomic E-state index is 10.0. The van der Waals surface area contributed by atoms with Crippen LogP contribution < -0.4 is 10.1 Å². The van der Waals surface area contributed by atoms with Crippen LogP contribution in [0, 0.1) is 0 Å². The number of aromatic hydroxyl groups is 1. The minimum atomic E-state index is 0.231. The number of methoxy groups -OCH3 is 1. The van der Waals surface area contributed by atoms with Gasteiger partial charge in [-0.15, -0.1) is 0 Å². The van der Waals surface area contributed by atoms with Crippen molar-refractivity contribution in [3.63, 3.8) is 0 Å². The molecule has 3 nitrogen and oxygen atoms in total. The van der Waals surface area contributed by atoms with Gasteiger partial charge in [0.15, 0.2) is 11.5 Å². The Bertz CT molecular complexity index is 362. The normalized spacial score (nSPS) is 20.5. The molecule has 0 amide bonds. The Hall–Kier alpha value is -0.740. The summed E-state index contributed by atoms with van der Waals surface area (Å²) in [5.74, 6) is 0.771. The van der Waals surface area contributed by atoms with Crippen molar-refractivity contribution in [3.8, 4) is 11.5 Å². The third-order valence-corrected chi connectivity index (χ3v) is 3.45. The van der Waals surface area contributed by atoms with Gasteiger partial charge in [0, 0.05) is 16.1 Å². The Kier molecular flexibility index (Phi) is 3.17. The molecule has 0 aliphatic carbocycles. The van der Waals surface area contributed by atoms with Gasteiger partial charge < -0.3 is 15.2 Å². The molecule has 1 heterocycles. The summed E-state index contributed by atoms with van der Waals surface area (Å²) in [5, 5.41) is 13.4. The standard InChI is InChI=1S/C11H14BrNO2/c1-15-9-5-4-7(12)10(11(9)14)8-3-2-6-13-8/h4-5,8,13-14H,2-3,6H2,1H3. The predicted octanol–water partition coefficient (Wildman–Crippen LogP) is 2.59. The van der Waals surface area contributed by atoms with E-state index < -0.39 is 0 Å². The van der Waals surface area contributed by atoms with Gasteiger partial charge in [-0.2, -0.15) is 0 Å². The number of phenols is 1. The number of ether oxygens (including phenoxy) is 1. The molecule has 82 valence electrons. The summed E-state index contributed by atoms with van der Waals surface area (Å²) in [6.07, 6.45) is 2.20. The molecule has 0 bridgehead atoms. The van der Waals surface area contributed by atoms with E-state index in [1.165, 1.54) is 0 Å². The quantitative estimate of drug-likeness (QED) is 0.869. The summed E-state index contributed by atoms with van der Waals surface area (Å²) in [4.78, 5) is 0. The lowest BCUT2D eigenvalue weighted by Gasteiger charge is -2.16. The van der Waals surface area contributed by atoms with Gasteiger partial charge in [0.25, 0.3) is 0 Å². The number of rotatable bonds is 2. The molecule has 1 saturated heterocycles. The van der Waals surface area contributed by atoms with Gasteiger partial charge in [0.2, 0.25) is 0 Å². The lowest BCUT2D eigenvalue weighted by molar-refractivity contribution is 0.367. The van der Waals surface area contributed by atoms with E-state index in [1.54, 1.807) is 13.2 Å². The van der Waals surface area contributed by atoms with Crippen LogP contribution in [-0.4, -0.2) is 18.8 Å². The first-order chi connectivity index (χ1) is 7.24. The molecule has 1 atom stereocenters. The highest BCUT2D eigenvalue weighted by Crippen LogP contribution is 2.41. The average molecular weight is 272 g/mol. The fraction of sp³-hybridized carbons (Fsp3) is 0.455. The Balaban J connectivity index is 2.43. The van der Waals surface area contributed by atoms with Gasteiger partial charge in [-0.25, -0.2) is 0 Å². The molecule has 0 spiro atoms. The number of halogens is 1. The molecule has 2 N–H and O–H groups in total. The Labute approximate surface area is 97.6 Å². The molecule has 0 saturated carbocycles. The molecule has 1 unspecified atom stereocenters. The number of nitrogens with one attached hydrogen (secondary N) is 1. The molecule has 1 aromatic rings. The van der Waals surface area contributed by atoms with E-state index in [0.29, 0.717) is 5.75 Å². The molecule has 1 aromatic carbocycles. The summed E-state index contributed by atoms with van der Waals surface area (Å²) in [7, 11) is 1.56. The zero-order valence-corrected chi connectivity index (χ0v) is 10.2. The van der Waals surface area contributed by atoms with Crippen molar-refractivity contribution in [1.29, 1.82) is 0 Å². The van der Waals surface area contributed by atoms with Crippen molar-refractivity contribution in [2.75, 3.05) is 13.7 Å². The van der Waals surface area contributed by atoms with Crippen molar-refractivity contribution >= 4 is 15.9 Å². The number of hydrogen-bond donors (Lipinski definition) is 2. The van der Waals surface area contributed by atoms with Crippen LogP contribution in [-0.2, 0) is 0 Å². The Morgan fingerprint density at radius 2 is 2.33 bits per heavy atom. The van der Waals surface area contributed by atoms with Gasteiger partial charge in [0.1, 0.15) is 0 Å². The van der Waals surface area contributed by atoms with Crippen LogP contribution in [0.15, 0.2) is 16.6 Å². The maximum absolute atomic E-state index is 10.0. The van der Waals surface area contributed by atoms with Gasteiger partial charge >= 0.3 is 0 Å². The third-order valence-electron chi connectivity index (χ3n) is 2.76. The zero-order chi connectivity index (χ0) is 10.8. The highest BCUT2D eigenvalue weighted by atomic mass is 79.9. The number of hydrogen-bond acceptors (Lipinski definition) is 3. The summed E-state index contributed by atoms with van der Waals surface area (Å²) in [6, 6.07) is 3.90. The van der Waals surface area contributed by atoms with Crippen LogP contribution in [0.3, 0.4) is 0 Å². The second-order valence-electron chi connectivity index (χ2n) is 3.66. The molecule has 1 aliphatic rings. The second-order valence-corrected chi connectivity index (χ2v) is 4.52. The van der Waals surface area contributed by atoms with E-state index in [4.69, 9.17) is 4.74 Å². The fourth-order valence-corrected chi connectivity index (χ4v) is 2.59. The van der Waals surface area contributed by atoms with E-state index in [9.17, 15) is 5.11 Å². The zero-order valence-electron chi connectivity index (χ0n) is 8.59. The van der Waals surface area contributed by atoms with E-state index in [2.05, 4.69) is 21.2 Å². The number of phenolic OH excluding ortho intramolecular Hbond substituents is 1. The predicted molar refractivity (Wildman–Crippen MR) is 62.3 cm³/mol. The van der Waals surface area contributed by atoms with E-state index in [0.717, 1.165) is 29.4 Å². The smallest absolute Gasteiger partial charge is 0.163 e. The molecule has 1 aliphatic heterocycles. The van der Waals surface area contributed by atoms with Crippen molar-refractivity contribution in [1.82, 2.24) is 5.32 Å². The monoisotopic (exact) mass is 271 g/mol. The third kappa shape index (κ3) is 1.96. The Morgan fingerprint density at radius 3 is 2.93 bits per heavy atom. The summed E-state index contributed by atoms with van der Waals surface area (Å²) >= 11 is 3.46. The van der Waals surface area contributed by atoms with E-state index in [1.807, 2.05) is 6.07 Å². The van der Waals surface area contributed by atoms with E-state index in [-0.39, 0.29) is 11.8 Å². The van der Waals surface area contributed by atoms with Crippen LogP contribution in [0.1, 0.15) is 24.4 Å². The Morgan fingerprint density at radius 1 is 1.53 bits per heavy atom. The van der Waals surface area contributed by atoms with Crippen LogP contribution in [0.25, 0.3) is 0 Å². The van der Waals surface area contributed by atoms with Crippen LogP contribution in [0.2, 0.25) is 0 Å². The maximum Gasteiger partial charge on any atom is 0.163 e. The largest absolute Gasteiger partial charge is 0.504 e. The second kappa shape index (κ2) is 4.41. The molecule has 15 heavy (non-hydrogen) atoms.